The molecule has 2 aromatic carbocycles. The van der Waals surface area contributed by atoms with E-state index in [4.69, 9.17) is 4.74 Å². The van der Waals surface area contributed by atoms with Gasteiger partial charge in [0.15, 0.2) is 5.60 Å². The van der Waals surface area contributed by atoms with Crippen molar-refractivity contribution in [3.8, 4) is 11.5 Å². The number of alkyl halides is 3. The van der Waals surface area contributed by atoms with Gasteiger partial charge in [-0.3, -0.25) is 4.79 Å². The first-order valence-electron chi connectivity index (χ1n) is 7.63. The quantitative estimate of drug-likeness (QED) is 0.775. The Balaban J connectivity index is 2.02. The summed E-state index contributed by atoms with van der Waals surface area (Å²) in [6, 6.07) is 10.6. The molecule has 2 rings (SSSR count). The molecule has 0 fully saturated rings. The van der Waals surface area contributed by atoms with Crippen LogP contribution in [-0.4, -0.2) is 17.9 Å². The second-order valence-electron chi connectivity index (χ2n) is 5.90. The zero-order chi connectivity index (χ0) is 19.4. The van der Waals surface area contributed by atoms with Crippen molar-refractivity contribution in [2.75, 3.05) is 0 Å². The lowest BCUT2D eigenvalue weighted by molar-refractivity contribution is -0.274. The topological polar surface area (TPSA) is 47.6 Å². The minimum absolute atomic E-state index is 0.163. The van der Waals surface area contributed by atoms with Crippen LogP contribution in [0.25, 0.3) is 0 Å². The van der Waals surface area contributed by atoms with Crippen molar-refractivity contribution in [3.63, 3.8) is 0 Å². The first-order chi connectivity index (χ1) is 12.1. The molecular weight excluding hydrogens is 354 g/mol. The van der Waals surface area contributed by atoms with Gasteiger partial charge in [-0.05, 0) is 44.2 Å². The van der Waals surface area contributed by atoms with E-state index in [2.05, 4.69) is 10.1 Å². The lowest BCUT2D eigenvalue weighted by atomic mass is 10.1. The van der Waals surface area contributed by atoms with Gasteiger partial charge in [0.25, 0.3) is 5.91 Å². The fraction of sp³-hybridized carbons (Fsp3) is 0.278. The lowest BCUT2D eigenvalue weighted by Gasteiger charge is -2.25. The number of hydrogen-bond acceptors (Lipinski definition) is 3. The van der Waals surface area contributed by atoms with E-state index in [1.54, 1.807) is 0 Å². The smallest absolute Gasteiger partial charge is 0.478 e. The van der Waals surface area contributed by atoms with Crippen LogP contribution in [0.1, 0.15) is 19.4 Å². The molecule has 0 saturated heterocycles. The summed E-state index contributed by atoms with van der Waals surface area (Å²) in [5.41, 5.74) is -1.16. The van der Waals surface area contributed by atoms with Crippen LogP contribution in [0.5, 0.6) is 11.5 Å². The molecule has 0 saturated carbocycles. The Morgan fingerprint density at radius 3 is 2.23 bits per heavy atom. The molecule has 26 heavy (non-hydrogen) atoms. The molecule has 140 valence electrons. The fourth-order valence-electron chi connectivity index (χ4n) is 2.11. The molecule has 0 aromatic heterocycles. The van der Waals surface area contributed by atoms with E-state index in [1.165, 1.54) is 56.3 Å². The average molecular weight is 371 g/mol. The summed E-state index contributed by atoms with van der Waals surface area (Å²) >= 11 is 0. The van der Waals surface area contributed by atoms with E-state index in [9.17, 15) is 22.4 Å². The predicted octanol–water partition coefficient (Wildman–Crippen LogP) is 4.20. The van der Waals surface area contributed by atoms with Crippen molar-refractivity contribution in [1.82, 2.24) is 5.32 Å². The lowest BCUT2D eigenvalue weighted by Crippen LogP contribution is -2.46. The average Bonchev–Trinajstić information content (AvgIpc) is 2.54. The van der Waals surface area contributed by atoms with Gasteiger partial charge in [-0.2, -0.15) is 0 Å². The summed E-state index contributed by atoms with van der Waals surface area (Å²) in [5, 5.41) is 2.51. The third kappa shape index (κ3) is 5.65. The number of ether oxygens (including phenoxy) is 2. The number of hydrogen-bond donors (Lipinski definition) is 1. The zero-order valence-electron chi connectivity index (χ0n) is 14.1. The van der Waals surface area contributed by atoms with Gasteiger partial charge in [0.2, 0.25) is 0 Å². The number of halogens is 4. The van der Waals surface area contributed by atoms with Gasteiger partial charge in [-0.25, -0.2) is 4.39 Å². The molecule has 0 bridgehead atoms. The van der Waals surface area contributed by atoms with Crippen molar-refractivity contribution in [2.45, 2.75) is 32.4 Å². The summed E-state index contributed by atoms with van der Waals surface area (Å²) in [6.07, 6.45) is -4.83. The van der Waals surface area contributed by atoms with E-state index in [-0.39, 0.29) is 17.9 Å². The van der Waals surface area contributed by atoms with Crippen LogP contribution in [0.4, 0.5) is 17.6 Å². The van der Waals surface area contributed by atoms with Gasteiger partial charge < -0.3 is 14.8 Å². The first-order valence-corrected chi connectivity index (χ1v) is 7.63. The molecule has 1 amide bonds. The maximum absolute atomic E-state index is 12.9. The Hall–Kier alpha value is -2.77. The van der Waals surface area contributed by atoms with Crippen molar-refractivity contribution in [2.24, 2.45) is 0 Å². The minimum atomic E-state index is -4.83. The third-order valence-corrected chi connectivity index (χ3v) is 3.37. The Morgan fingerprint density at radius 1 is 1.00 bits per heavy atom. The molecule has 0 unspecified atom stereocenters. The van der Waals surface area contributed by atoms with Crippen molar-refractivity contribution in [1.29, 1.82) is 0 Å². The largest absolute Gasteiger partial charge is 0.573 e. The molecule has 0 spiro atoms. The Kier molecular flexibility index (Phi) is 5.74. The second kappa shape index (κ2) is 7.63. The summed E-state index contributed by atoms with van der Waals surface area (Å²) in [5.74, 6) is -1.10. The molecule has 0 aliphatic rings. The Labute approximate surface area is 147 Å². The third-order valence-electron chi connectivity index (χ3n) is 3.37. The maximum atomic E-state index is 12.9. The molecule has 4 nitrogen and oxygen atoms in total. The van der Waals surface area contributed by atoms with E-state index in [0.717, 1.165) is 6.07 Å². The molecule has 8 heteroatoms. The minimum Gasteiger partial charge on any atom is -0.478 e. The van der Waals surface area contributed by atoms with Gasteiger partial charge in [-0.1, -0.05) is 18.2 Å². The summed E-state index contributed by atoms with van der Waals surface area (Å²) in [4.78, 5) is 12.3. The number of carbonyl (C=O) groups excluding carboxylic acids is 1. The van der Waals surface area contributed by atoms with Gasteiger partial charge in [0.05, 0.1) is 0 Å². The van der Waals surface area contributed by atoms with Crippen molar-refractivity contribution in [3.05, 3.63) is 59.9 Å². The van der Waals surface area contributed by atoms with E-state index in [1.807, 2.05) is 0 Å². The first kappa shape index (κ1) is 19.6. The van der Waals surface area contributed by atoms with Gasteiger partial charge >= 0.3 is 6.36 Å². The normalized spacial score (nSPS) is 11.8. The maximum Gasteiger partial charge on any atom is 0.573 e. The molecule has 0 aliphatic heterocycles. The van der Waals surface area contributed by atoms with Crippen LogP contribution in [0.15, 0.2) is 48.5 Å². The molecule has 0 heterocycles. The summed E-state index contributed by atoms with van der Waals surface area (Å²) < 4.78 is 59.7. The SMILES string of the molecule is CC(C)(Oc1ccc(F)cc1)C(=O)NCc1ccccc1OC(F)(F)F. The second-order valence-corrected chi connectivity index (χ2v) is 5.90. The number of amides is 1. The summed E-state index contributed by atoms with van der Waals surface area (Å²) in [6.45, 7) is 2.80. The van der Waals surface area contributed by atoms with Gasteiger partial charge in [0, 0.05) is 12.1 Å². The van der Waals surface area contributed by atoms with Gasteiger partial charge in [-0.15, -0.1) is 13.2 Å². The van der Waals surface area contributed by atoms with E-state index >= 15 is 0 Å². The zero-order valence-corrected chi connectivity index (χ0v) is 14.1. The highest BCUT2D eigenvalue weighted by molar-refractivity contribution is 5.84. The molecule has 0 radical (unpaired) electrons. The van der Waals surface area contributed by atoms with Crippen molar-refractivity contribution < 1.29 is 31.8 Å². The molecule has 1 N–H and O–H groups in total. The number of para-hydroxylation sites is 1. The fourth-order valence-corrected chi connectivity index (χ4v) is 2.11. The van der Waals surface area contributed by atoms with Crippen LogP contribution in [0.3, 0.4) is 0 Å². The predicted molar refractivity (Wildman–Crippen MR) is 86.1 cm³/mol. The highest BCUT2D eigenvalue weighted by Crippen LogP contribution is 2.26. The van der Waals surface area contributed by atoms with Crippen LogP contribution >= 0.6 is 0 Å². The Morgan fingerprint density at radius 2 is 1.62 bits per heavy atom. The van der Waals surface area contributed by atoms with Crippen LogP contribution in [-0.2, 0) is 11.3 Å². The van der Waals surface area contributed by atoms with E-state index < -0.39 is 29.4 Å². The van der Waals surface area contributed by atoms with E-state index in [0.29, 0.717) is 0 Å². The summed E-state index contributed by atoms with van der Waals surface area (Å²) in [7, 11) is 0. The van der Waals surface area contributed by atoms with Crippen LogP contribution in [0.2, 0.25) is 0 Å². The Bertz CT molecular complexity index is 758. The molecule has 0 aliphatic carbocycles. The highest BCUT2D eigenvalue weighted by Gasteiger charge is 2.33. The van der Waals surface area contributed by atoms with Crippen LogP contribution in [0, 0.1) is 5.82 Å². The number of nitrogens with one attached hydrogen (secondary N) is 1. The number of benzene rings is 2. The molecule has 0 atom stereocenters. The number of rotatable bonds is 6. The number of carbonyl (C=O) groups is 1. The monoisotopic (exact) mass is 371 g/mol. The highest BCUT2D eigenvalue weighted by atomic mass is 19.4. The van der Waals surface area contributed by atoms with Crippen molar-refractivity contribution >= 4 is 5.91 Å². The molecular formula is C18H17F4NO3. The van der Waals surface area contributed by atoms with Gasteiger partial charge in [0.1, 0.15) is 17.3 Å². The standard InChI is InChI=1S/C18H17F4NO3/c1-17(2,25-14-9-7-13(19)8-10-14)16(24)23-11-12-5-3-4-6-15(12)26-18(20,21)22/h3-10H,11H2,1-2H3,(H,23,24). The van der Waals surface area contributed by atoms with Crippen LogP contribution < -0.4 is 14.8 Å². The molecule has 2 aromatic rings.